The molecule has 1 rings (SSSR count). The Bertz CT molecular complexity index is 515. The second kappa shape index (κ2) is 6.31. The van der Waals surface area contributed by atoms with Crippen molar-refractivity contribution < 1.29 is 13.2 Å². The van der Waals surface area contributed by atoms with E-state index >= 15 is 0 Å². The monoisotopic (exact) mass is 287 g/mol. The van der Waals surface area contributed by atoms with Gasteiger partial charge >= 0.3 is 0 Å². The van der Waals surface area contributed by atoms with E-state index in [2.05, 4.69) is 9.71 Å². The molecule has 0 aliphatic rings. The Morgan fingerprint density at radius 2 is 2.16 bits per heavy atom. The van der Waals surface area contributed by atoms with Crippen molar-refractivity contribution in [2.75, 3.05) is 26.0 Å². The number of nitrogens with two attached hydrogens (primary N) is 1. The van der Waals surface area contributed by atoms with Gasteiger partial charge in [0.1, 0.15) is 10.7 Å². The predicted octanol–water partition coefficient (Wildman–Crippen LogP) is 1.00. The van der Waals surface area contributed by atoms with Gasteiger partial charge in [0, 0.05) is 26.5 Å². The average Bonchev–Trinajstić information content (AvgIpc) is 2.35. The smallest absolute Gasteiger partial charge is 0.244 e. The first-order valence-electron chi connectivity index (χ1n) is 5.97. The molecule has 0 saturated heterocycles. The molecule has 0 bridgehead atoms. The zero-order valence-electron chi connectivity index (χ0n) is 11.5. The zero-order valence-corrected chi connectivity index (χ0v) is 12.3. The van der Waals surface area contributed by atoms with Gasteiger partial charge in [0.05, 0.1) is 0 Å². The van der Waals surface area contributed by atoms with Crippen LogP contribution in [0.15, 0.2) is 23.2 Å². The minimum absolute atomic E-state index is 0.00435. The Morgan fingerprint density at radius 3 is 2.74 bits per heavy atom. The molecule has 0 amide bonds. The van der Waals surface area contributed by atoms with Gasteiger partial charge in [-0.05, 0) is 24.0 Å². The van der Waals surface area contributed by atoms with Gasteiger partial charge in [-0.3, -0.25) is 0 Å². The summed E-state index contributed by atoms with van der Waals surface area (Å²) < 4.78 is 31.8. The van der Waals surface area contributed by atoms with Crippen LogP contribution in [0.5, 0.6) is 0 Å². The van der Waals surface area contributed by atoms with Crippen molar-refractivity contribution in [3.05, 3.63) is 18.3 Å². The third kappa shape index (κ3) is 4.77. The maximum atomic E-state index is 12.1. The normalized spacial score (nSPS) is 12.6. The van der Waals surface area contributed by atoms with Gasteiger partial charge < -0.3 is 10.5 Å². The number of hydrogen-bond donors (Lipinski definition) is 2. The number of methoxy groups -OCH3 is 1. The Hall–Kier alpha value is -1.18. The van der Waals surface area contributed by atoms with Crippen molar-refractivity contribution >= 4 is 15.8 Å². The lowest BCUT2D eigenvalue weighted by atomic mass is 9.90. The fourth-order valence-electron chi connectivity index (χ4n) is 1.46. The van der Waals surface area contributed by atoms with Crippen molar-refractivity contribution in [1.82, 2.24) is 9.71 Å². The average molecular weight is 287 g/mol. The van der Waals surface area contributed by atoms with Crippen LogP contribution in [0.3, 0.4) is 0 Å². The van der Waals surface area contributed by atoms with E-state index in [0.29, 0.717) is 13.2 Å². The van der Waals surface area contributed by atoms with Gasteiger partial charge in [-0.2, -0.15) is 0 Å². The Balaban J connectivity index is 2.74. The van der Waals surface area contributed by atoms with E-state index in [1.165, 1.54) is 12.3 Å². The van der Waals surface area contributed by atoms with Crippen LogP contribution in [-0.4, -0.2) is 33.7 Å². The molecule has 0 spiro atoms. The summed E-state index contributed by atoms with van der Waals surface area (Å²) in [4.78, 5) is 3.79. The van der Waals surface area contributed by atoms with E-state index in [1.807, 2.05) is 13.8 Å². The van der Waals surface area contributed by atoms with E-state index < -0.39 is 10.0 Å². The lowest BCUT2D eigenvalue weighted by molar-refractivity contribution is 0.153. The topological polar surface area (TPSA) is 94.3 Å². The second-order valence-electron chi connectivity index (χ2n) is 5.12. The van der Waals surface area contributed by atoms with E-state index in [-0.39, 0.29) is 16.1 Å². The number of hydrogen-bond acceptors (Lipinski definition) is 5. The van der Waals surface area contributed by atoms with Gasteiger partial charge in [0.25, 0.3) is 0 Å². The molecule has 0 aliphatic carbocycles. The Labute approximate surface area is 114 Å². The van der Waals surface area contributed by atoms with Gasteiger partial charge in [0.2, 0.25) is 10.0 Å². The predicted molar refractivity (Wildman–Crippen MR) is 74.1 cm³/mol. The molecule has 6 nitrogen and oxygen atoms in total. The molecule has 7 heteroatoms. The summed E-state index contributed by atoms with van der Waals surface area (Å²) in [5, 5.41) is 0. The van der Waals surface area contributed by atoms with Crippen LogP contribution >= 0.6 is 0 Å². The van der Waals surface area contributed by atoms with Crippen LogP contribution in [0.4, 0.5) is 5.82 Å². The third-order valence-corrected chi connectivity index (χ3v) is 4.26. The number of anilines is 1. The molecule has 0 saturated carbocycles. The molecular formula is C12H21N3O3S. The number of pyridine rings is 1. The third-order valence-electron chi connectivity index (χ3n) is 2.81. The summed E-state index contributed by atoms with van der Waals surface area (Å²) in [6.07, 6.45) is 2.21. The minimum atomic E-state index is -3.63. The van der Waals surface area contributed by atoms with Crippen LogP contribution in [0.25, 0.3) is 0 Å². The van der Waals surface area contributed by atoms with Crippen molar-refractivity contribution in [1.29, 1.82) is 0 Å². The number of rotatable bonds is 7. The molecule has 3 N–H and O–H groups in total. The van der Waals surface area contributed by atoms with Gasteiger partial charge in [-0.15, -0.1) is 0 Å². The standard InChI is InChI=1S/C12H21N3O3S/c1-12(2,6-8-18-3)9-15-19(16,17)10-5-4-7-14-11(10)13/h4-5,7,15H,6,8-9H2,1-3H3,(H2,13,14). The summed E-state index contributed by atoms with van der Waals surface area (Å²) in [6.45, 7) is 4.85. The van der Waals surface area contributed by atoms with Crippen LogP contribution in [0.2, 0.25) is 0 Å². The van der Waals surface area contributed by atoms with Crippen LogP contribution in [-0.2, 0) is 14.8 Å². The van der Waals surface area contributed by atoms with E-state index in [4.69, 9.17) is 10.5 Å². The lowest BCUT2D eigenvalue weighted by Gasteiger charge is -2.24. The summed E-state index contributed by atoms with van der Waals surface area (Å²) in [7, 11) is -2.01. The molecule has 1 aromatic rings. The van der Waals surface area contributed by atoms with E-state index in [1.54, 1.807) is 13.2 Å². The molecular weight excluding hydrogens is 266 g/mol. The van der Waals surface area contributed by atoms with E-state index in [9.17, 15) is 8.42 Å². The summed E-state index contributed by atoms with van der Waals surface area (Å²) in [5.74, 6) is 0.00435. The van der Waals surface area contributed by atoms with Gasteiger partial charge in [0.15, 0.2) is 0 Å². The highest BCUT2D eigenvalue weighted by Gasteiger charge is 2.23. The molecule has 108 valence electrons. The lowest BCUT2D eigenvalue weighted by Crippen LogP contribution is -2.35. The molecule has 0 radical (unpaired) electrons. The maximum absolute atomic E-state index is 12.1. The van der Waals surface area contributed by atoms with Gasteiger partial charge in [-0.25, -0.2) is 18.1 Å². The minimum Gasteiger partial charge on any atom is -0.385 e. The Kier molecular flexibility index (Phi) is 5.28. The summed E-state index contributed by atoms with van der Waals surface area (Å²) >= 11 is 0. The molecule has 0 unspecified atom stereocenters. The summed E-state index contributed by atoms with van der Waals surface area (Å²) in [6, 6.07) is 2.98. The first-order valence-corrected chi connectivity index (χ1v) is 7.46. The fraction of sp³-hybridized carbons (Fsp3) is 0.583. The number of aromatic nitrogens is 1. The first kappa shape index (κ1) is 15.9. The highest BCUT2D eigenvalue weighted by Crippen LogP contribution is 2.21. The van der Waals surface area contributed by atoms with Crippen molar-refractivity contribution in [3.8, 4) is 0 Å². The molecule has 0 atom stereocenters. The van der Waals surface area contributed by atoms with Gasteiger partial charge in [-0.1, -0.05) is 13.8 Å². The zero-order chi connectivity index (χ0) is 14.5. The van der Waals surface area contributed by atoms with Crippen molar-refractivity contribution in [2.45, 2.75) is 25.2 Å². The quantitative estimate of drug-likeness (QED) is 0.780. The van der Waals surface area contributed by atoms with Crippen molar-refractivity contribution in [2.24, 2.45) is 5.41 Å². The van der Waals surface area contributed by atoms with Crippen LogP contribution < -0.4 is 10.5 Å². The summed E-state index contributed by atoms with van der Waals surface area (Å²) in [5.41, 5.74) is 5.38. The van der Waals surface area contributed by atoms with Crippen molar-refractivity contribution in [3.63, 3.8) is 0 Å². The number of nitrogens with one attached hydrogen (secondary N) is 1. The van der Waals surface area contributed by atoms with E-state index in [0.717, 1.165) is 6.42 Å². The molecule has 19 heavy (non-hydrogen) atoms. The fourth-order valence-corrected chi connectivity index (χ4v) is 2.79. The molecule has 1 aromatic heterocycles. The second-order valence-corrected chi connectivity index (χ2v) is 6.85. The highest BCUT2D eigenvalue weighted by molar-refractivity contribution is 7.89. The largest absolute Gasteiger partial charge is 0.385 e. The number of nitrogen functional groups attached to an aromatic ring is 1. The Morgan fingerprint density at radius 1 is 1.47 bits per heavy atom. The molecule has 0 aliphatic heterocycles. The van der Waals surface area contributed by atoms with Crippen LogP contribution in [0, 0.1) is 5.41 Å². The number of ether oxygens (including phenoxy) is 1. The maximum Gasteiger partial charge on any atom is 0.244 e. The molecule has 0 fully saturated rings. The number of nitrogens with zero attached hydrogens (tertiary/aromatic N) is 1. The van der Waals surface area contributed by atoms with Crippen LogP contribution in [0.1, 0.15) is 20.3 Å². The highest BCUT2D eigenvalue weighted by atomic mass is 32.2. The first-order chi connectivity index (χ1) is 8.78. The molecule has 0 aromatic carbocycles. The number of sulfonamides is 1. The molecule has 1 heterocycles. The SMILES string of the molecule is COCCC(C)(C)CNS(=O)(=O)c1cccnc1N.